The Hall–Kier alpha value is -1.92. The molecule has 0 aliphatic heterocycles. The largest absolute Gasteiger partial charge is 0.466 e. The van der Waals surface area contributed by atoms with Crippen LogP contribution in [0.4, 0.5) is 5.69 Å². The number of esters is 1. The third-order valence-electron chi connectivity index (χ3n) is 1.98. The van der Waals surface area contributed by atoms with E-state index in [1.807, 2.05) is 0 Å². The number of rotatable bonds is 5. The monoisotopic (exact) mass is 227 g/mol. The lowest BCUT2D eigenvalue weighted by atomic mass is 10.2. The fraction of sp³-hybridized carbons (Fsp3) is 0.556. The maximum absolute atomic E-state index is 11.3. The number of carbonyl (C=O) groups is 1. The van der Waals surface area contributed by atoms with Crippen molar-refractivity contribution >= 4 is 11.7 Å². The second-order valence-corrected chi connectivity index (χ2v) is 3.33. The Labute approximate surface area is 92.2 Å². The molecule has 0 saturated carbocycles. The average molecular weight is 227 g/mol. The van der Waals surface area contributed by atoms with Gasteiger partial charge in [-0.2, -0.15) is 5.10 Å². The number of nitro groups is 1. The highest BCUT2D eigenvalue weighted by Gasteiger charge is 2.16. The summed E-state index contributed by atoms with van der Waals surface area (Å²) in [7, 11) is 0. The zero-order chi connectivity index (χ0) is 12.1. The van der Waals surface area contributed by atoms with E-state index in [-0.39, 0.29) is 24.1 Å². The molecule has 16 heavy (non-hydrogen) atoms. The average Bonchev–Trinajstić information content (AvgIpc) is 2.66. The maximum Gasteiger partial charge on any atom is 0.310 e. The van der Waals surface area contributed by atoms with Crippen molar-refractivity contribution in [3.8, 4) is 0 Å². The molecule has 0 fully saturated rings. The van der Waals surface area contributed by atoms with Gasteiger partial charge in [0.05, 0.1) is 24.0 Å². The van der Waals surface area contributed by atoms with Crippen LogP contribution < -0.4 is 0 Å². The van der Waals surface area contributed by atoms with Crippen molar-refractivity contribution in [1.82, 2.24) is 9.78 Å². The van der Waals surface area contributed by atoms with Crippen molar-refractivity contribution in [1.29, 1.82) is 0 Å². The van der Waals surface area contributed by atoms with Crippen LogP contribution in [0.15, 0.2) is 12.4 Å². The highest BCUT2D eigenvalue weighted by Crippen LogP contribution is 2.10. The fourth-order valence-electron chi connectivity index (χ4n) is 1.19. The summed E-state index contributed by atoms with van der Waals surface area (Å²) in [6.07, 6.45) is 2.44. The molecule has 1 heterocycles. The molecule has 1 rings (SSSR count). The molecule has 0 N–H and O–H groups in total. The minimum Gasteiger partial charge on any atom is -0.466 e. The molecule has 7 heteroatoms. The summed E-state index contributed by atoms with van der Waals surface area (Å²) in [6.45, 7) is 4.00. The molecule has 0 spiro atoms. The minimum atomic E-state index is -0.529. The van der Waals surface area contributed by atoms with Crippen LogP contribution in [0.2, 0.25) is 0 Å². The molecule has 0 bridgehead atoms. The smallest absolute Gasteiger partial charge is 0.310 e. The molecule has 7 nitrogen and oxygen atoms in total. The summed E-state index contributed by atoms with van der Waals surface area (Å²) in [5.41, 5.74) is -0.0870. The lowest BCUT2D eigenvalue weighted by Crippen LogP contribution is -2.20. The van der Waals surface area contributed by atoms with Gasteiger partial charge in [0.2, 0.25) is 0 Å². The Morgan fingerprint density at radius 2 is 2.44 bits per heavy atom. The lowest BCUT2D eigenvalue weighted by molar-refractivity contribution is -0.385. The summed E-state index contributed by atoms with van der Waals surface area (Å²) < 4.78 is 6.18. The predicted molar refractivity (Wildman–Crippen MR) is 54.7 cm³/mol. The Morgan fingerprint density at radius 3 is 2.94 bits per heavy atom. The van der Waals surface area contributed by atoms with Gasteiger partial charge >= 0.3 is 11.7 Å². The van der Waals surface area contributed by atoms with Gasteiger partial charge in [-0.1, -0.05) is 6.92 Å². The van der Waals surface area contributed by atoms with E-state index < -0.39 is 4.92 Å². The first-order chi connectivity index (χ1) is 7.54. The number of nitrogens with zero attached hydrogens (tertiary/aromatic N) is 3. The summed E-state index contributed by atoms with van der Waals surface area (Å²) in [4.78, 5) is 21.2. The molecular formula is C9H13N3O4. The van der Waals surface area contributed by atoms with E-state index >= 15 is 0 Å². The number of aromatic nitrogens is 2. The molecule has 0 amide bonds. The van der Waals surface area contributed by atoms with E-state index in [4.69, 9.17) is 4.74 Å². The van der Waals surface area contributed by atoms with Gasteiger partial charge < -0.3 is 4.74 Å². The molecule has 1 aromatic rings. The first-order valence-electron chi connectivity index (χ1n) is 4.88. The second-order valence-electron chi connectivity index (χ2n) is 3.33. The second kappa shape index (κ2) is 5.24. The van der Waals surface area contributed by atoms with E-state index in [1.165, 1.54) is 10.9 Å². The van der Waals surface area contributed by atoms with Gasteiger partial charge in [0.25, 0.3) is 0 Å². The molecule has 0 aliphatic rings. The molecular weight excluding hydrogens is 214 g/mol. The van der Waals surface area contributed by atoms with Gasteiger partial charge in [0.15, 0.2) is 0 Å². The summed E-state index contributed by atoms with van der Waals surface area (Å²) in [5.74, 6) is -0.708. The van der Waals surface area contributed by atoms with E-state index in [1.54, 1.807) is 13.8 Å². The van der Waals surface area contributed by atoms with Crippen LogP contribution >= 0.6 is 0 Å². The van der Waals surface area contributed by atoms with E-state index in [9.17, 15) is 14.9 Å². The van der Waals surface area contributed by atoms with Crippen molar-refractivity contribution in [2.75, 3.05) is 6.61 Å². The van der Waals surface area contributed by atoms with Gasteiger partial charge in [0.1, 0.15) is 12.4 Å². The van der Waals surface area contributed by atoms with Crippen LogP contribution in [-0.4, -0.2) is 27.3 Å². The number of hydrogen-bond donors (Lipinski definition) is 0. The molecule has 1 aromatic heterocycles. The van der Waals surface area contributed by atoms with Crippen molar-refractivity contribution in [3.63, 3.8) is 0 Å². The van der Waals surface area contributed by atoms with Crippen molar-refractivity contribution < 1.29 is 14.5 Å². The number of hydrogen-bond acceptors (Lipinski definition) is 5. The Bertz CT molecular complexity index is 388. The Kier molecular flexibility index (Phi) is 3.98. The quantitative estimate of drug-likeness (QED) is 0.425. The van der Waals surface area contributed by atoms with E-state index in [2.05, 4.69) is 5.10 Å². The fourth-order valence-corrected chi connectivity index (χ4v) is 1.19. The highest BCUT2D eigenvalue weighted by molar-refractivity contribution is 5.71. The molecule has 0 radical (unpaired) electrons. The van der Waals surface area contributed by atoms with Crippen LogP contribution in [0.5, 0.6) is 0 Å². The van der Waals surface area contributed by atoms with E-state index in [0.717, 1.165) is 6.20 Å². The predicted octanol–water partition coefficient (Wildman–Crippen LogP) is 0.990. The van der Waals surface area contributed by atoms with Gasteiger partial charge in [0, 0.05) is 0 Å². The van der Waals surface area contributed by atoms with Gasteiger partial charge in [-0.15, -0.1) is 0 Å². The Balaban J connectivity index is 2.59. The molecule has 0 saturated heterocycles. The zero-order valence-corrected chi connectivity index (χ0v) is 9.12. The summed E-state index contributed by atoms with van der Waals surface area (Å²) >= 11 is 0. The normalized spacial score (nSPS) is 12.1. The maximum atomic E-state index is 11.3. The lowest BCUT2D eigenvalue weighted by Gasteiger charge is -2.09. The SMILES string of the molecule is CCOC(=O)C(C)Cn1cc([N+](=O)[O-])cn1. The van der Waals surface area contributed by atoms with Crippen LogP contribution in [0.1, 0.15) is 13.8 Å². The molecule has 1 unspecified atom stereocenters. The standard InChI is InChI=1S/C9H13N3O4/c1-3-16-9(13)7(2)5-11-6-8(4-10-11)12(14)15/h4,6-7H,3,5H2,1-2H3. The summed E-state index contributed by atoms with van der Waals surface area (Å²) in [5, 5.41) is 14.2. The van der Waals surface area contributed by atoms with Gasteiger partial charge in [-0.05, 0) is 6.92 Å². The van der Waals surface area contributed by atoms with Gasteiger partial charge in [-0.25, -0.2) is 0 Å². The van der Waals surface area contributed by atoms with Crippen molar-refractivity contribution in [3.05, 3.63) is 22.5 Å². The Morgan fingerprint density at radius 1 is 1.75 bits per heavy atom. The number of carbonyl (C=O) groups excluding carboxylic acids is 1. The van der Waals surface area contributed by atoms with E-state index in [0.29, 0.717) is 6.61 Å². The third kappa shape index (κ3) is 3.04. The van der Waals surface area contributed by atoms with Crippen molar-refractivity contribution in [2.45, 2.75) is 20.4 Å². The van der Waals surface area contributed by atoms with Gasteiger partial charge in [-0.3, -0.25) is 19.6 Å². The first-order valence-corrected chi connectivity index (χ1v) is 4.88. The molecule has 0 aromatic carbocycles. The van der Waals surface area contributed by atoms with Crippen LogP contribution in [0, 0.1) is 16.0 Å². The molecule has 0 aliphatic carbocycles. The minimum absolute atomic E-state index is 0.0870. The first kappa shape index (κ1) is 12.2. The molecule has 88 valence electrons. The van der Waals surface area contributed by atoms with Crippen molar-refractivity contribution in [2.24, 2.45) is 5.92 Å². The van der Waals surface area contributed by atoms with Crippen LogP contribution in [0.3, 0.4) is 0 Å². The topological polar surface area (TPSA) is 87.3 Å². The van der Waals surface area contributed by atoms with Crippen LogP contribution in [-0.2, 0) is 16.1 Å². The van der Waals surface area contributed by atoms with Crippen LogP contribution in [0.25, 0.3) is 0 Å². The number of ether oxygens (including phenoxy) is 1. The highest BCUT2D eigenvalue weighted by atomic mass is 16.6. The zero-order valence-electron chi connectivity index (χ0n) is 9.12. The third-order valence-corrected chi connectivity index (χ3v) is 1.98. The summed E-state index contributed by atoms with van der Waals surface area (Å²) in [6, 6.07) is 0. The molecule has 1 atom stereocenters.